The maximum atomic E-state index is 5.48. The Morgan fingerprint density at radius 2 is 2.07 bits per heavy atom. The van der Waals surface area contributed by atoms with E-state index in [9.17, 15) is 0 Å². The van der Waals surface area contributed by atoms with Gasteiger partial charge in [-0.2, -0.15) is 0 Å². The smallest absolute Gasteiger partial charge is 0.149 e. The van der Waals surface area contributed by atoms with Gasteiger partial charge < -0.3 is 10.1 Å². The van der Waals surface area contributed by atoms with Gasteiger partial charge in [-0.1, -0.05) is 30.0 Å². The lowest BCUT2D eigenvalue weighted by molar-refractivity contribution is 0.367. The molecule has 2 nitrogen and oxygen atoms in total. The van der Waals surface area contributed by atoms with E-state index in [-0.39, 0.29) is 0 Å². The summed E-state index contributed by atoms with van der Waals surface area (Å²) in [5, 5.41) is 2.95. The number of hydrogen-bond donors (Lipinski definition) is 1. The molecular formula is C12H15NO. The van der Waals surface area contributed by atoms with Crippen molar-refractivity contribution in [3.8, 4) is 17.6 Å². The Labute approximate surface area is 85.3 Å². The van der Waals surface area contributed by atoms with E-state index in [1.165, 1.54) is 0 Å². The zero-order chi connectivity index (χ0) is 10.2. The molecule has 0 aliphatic heterocycles. The van der Waals surface area contributed by atoms with Gasteiger partial charge in [-0.15, -0.1) is 0 Å². The van der Waals surface area contributed by atoms with Gasteiger partial charge in [0, 0.05) is 0 Å². The van der Waals surface area contributed by atoms with Crippen LogP contribution >= 0.6 is 0 Å². The van der Waals surface area contributed by atoms with Crippen LogP contribution in [0.1, 0.15) is 5.56 Å². The number of rotatable bonds is 3. The minimum absolute atomic E-state index is 0.451. The molecule has 0 unspecified atom stereocenters. The summed E-state index contributed by atoms with van der Waals surface area (Å²) in [4.78, 5) is 0. The van der Waals surface area contributed by atoms with Crippen LogP contribution in [0.4, 0.5) is 0 Å². The van der Waals surface area contributed by atoms with Crippen molar-refractivity contribution >= 4 is 0 Å². The molecule has 2 heteroatoms. The normalized spacial score (nSPS) is 9.00. The van der Waals surface area contributed by atoms with E-state index in [1.54, 1.807) is 0 Å². The van der Waals surface area contributed by atoms with E-state index in [4.69, 9.17) is 4.74 Å². The van der Waals surface area contributed by atoms with Crippen molar-refractivity contribution in [2.45, 2.75) is 6.92 Å². The third-order valence-corrected chi connectivity index (χ3v) is 1.78. The van der Waals surface area contributed by atoms with Crippen LogP contribution in [0.25, 0.3) is 0 Å². The number of benzene rings is 1. The second kappa shape index (κ2) is 6.06. The lowest BCUT2D eigenvalue weighted by Gasteiger charge is -2.04. The van der Waals surface area contributed by atoms with E-state index in [0.717, 1.165) is 11.3 Å². The summed E-state index contributed by atoms with van der Waals surface area (Å²) >= 11 is 0. The predicted molar refractivity (Wildman–Crippen MR) is 58.4 cm³/mol. The summed E-state index contributed by atoms with van der Waals surface area (Å²) in [6.07, 6.45) is 0. The Morgan fingerprint density at radius 3 is 2.79 bits per heavy atom. The van der Waals surface area contributed by atoms with Crippen LogP contribution in [0.3, 0.4) is 0 Å². The SMILES string of the molecule is CNCC#CCOc1ccccc1C. The van der Waals surface area contributed by atoms with Crippen LogP contribution in [-0.2, 0) is 0 Å². The number of ether oxygens (including phenoxy) is 1. The summed E-state index contributed by atoms with van der Waals surface area (Å²) in [6, 6.07) is 7.93. The largest absolute Gasteiger partial charge is 0.481 e. The van der Waals surface area contributed by atoms with Gasteiger partial charge in [0.25, 0.3) is 0 Å². The first-order valence-corrected chi connectivity index (χ1v) is 4.63. The highest BCUT2D eigenvalue weighted by molar-refractivity contribution is 5.32. The molecule has 1 aromatic rings. The van der Waals surface area contributed by atoms with E-state index >= 15 is 0 Å². The van der Waals surface area contributed by atoms with Crippen LogP contribution in [0.5, 0.6) is 5.75 Å². The first-order valence-electron chi connectivity index (χ1n) is 4.63. The first-order chi connectivity index (χ1) is 6.84. The van der Waals surface area contributed by atoms with Crippen LogP contribution in [0, 0.1) is 18.8 Å². The van der Waals surface area contributed by atoms with Crippen LogP contribution in [-0.4, -0.2) is 20.2 Å². The lowest BCUT2D eigenvalue weighted by atomic mass is 10.2. The molecule has 14 heavy (non-hydrogen) atoms. The topological polar surface area (TPSA) is 21.3 Å². The summed E-state index contributed by atoms with van der Waals surface area (Å²) < 4.78 is 5.48. The first kappa shape index (κ1) is 10.6. The molecule has 0 aliphatic rings. The second-order valence-electron chi connectivity index (χ2n) is 2.94. The van der Waals surface area contributed by atoms with Gasteiger partial charge in [-0.3, -0.25) is 0 Å². The van der Waals surface area contributed by atoms with Crippen LogP contribution in [0.15, 0.2) is 24.3 Å². The molecule has 0 saturated carbocycles. The molecule has 0 radical (unpaired) electrons. The second-order valence-corrected chi connectivity index (χ2v) is 2.94. The fraction of sp³-hybridized carbons (Fsp3) is 0.333. The van der Waals surface area contributed by atoms with Crippen molar-refractivity contribution in [3.63, 3.8) is 0 Å². The van der Waals surface area contributed by atoms with Gasteiger partial charge in [-0.05, 0) is 25.6 Å². The Bertz CT molecular complexity index is 336. The number of aryl methyl sites for hydroxylation is 1. The zero-order valence-corrected chi connectivity index (χ0v) is 8.63. The third kappa shape index (κ3) is 3.51. The number of para-hydroxylation sites is 1. The number of hydrogen-bond acceptors (Lipinski definition) is 2. The molecule has 1 rings (SSSR count). The van der Waals surface area contributed by atoms with Gasteiger partial charge in [0.2, 0.25) is 0 Å². The Balaban J connectivity index is 2.40. The van der Waals surface area contributed by atoms with Crippen molar-refractivity contribution < 1.29 is 4.74 Å². The molecule has 1 N–H and O–H groups in total. The fourth-order valence-electron chi connectivity index (χ4n) is 1.03. The van der Waals surface area contributed by atoms with Crippen LogP contribution < -0.4 is 10.1 Å². The van der Waals surface area contributed by atoms with Crippen LogP contribution in [0.2, 0.25) is 0 Å². The molecule has 0 spiro atoms. The zero-order valence-electron chi connectivity index (χ0n) is 8.63. The van der Waals surface area contributed by atoms with Crippen molar-refractivity contribution in [2.24, 2.45) is 0 Å². The summed E-state index contributed by atoms with van der Waals surface area (Å²) in [6.45, 7) is 3.18. The fourth-order valence-corrected chi connectivity index (χ4v) is 1.03. The Hall–Kier alpha value is -1.46. The van der Waals surface area contributed by atoms with Gasteiger partial charge >= 0.3 is 0 Å². The quantitative estimate of drug-likeness (QED) is 0.729. The third-order valence-electron chi connectivity index (χ3n) is 1.78. The van der Waals surface area contributed by atoms with Crippen molar-refractivity contribution in [1.82, 2.24) is 5.32 Å². The van der Waals surface area contributed by atoms with Crippen molar-refractivity contribution in [2.75, 3.05) is 20.2 Å². The van der Waals surface area contributed by atoms with E-state index in [0.29, 0.717) is 13.2 Å². The van der Waals surface area contributed by atoms with Gasteiger partial charge in [0.15, 0.2) is 0 Å². The van der Waals surface area contributed by atoms with E-state index in [2.05, 4.69) is 17.2 Å². The highest BCUT2D eigenvalue weighted by atomic mass is 16.5. The van der Waals surface area contributed by atoms with E-state index < -0.39 is 0 Å². The molecule has 0 bridgehead atoms. The maximum absolute atomic E-state index is 5.48. The van der Waals surface area contributed by atoms with E-state index in [1.807, 2.05) is 38.2 Å². The summed E-state index contributed by atoms with van der Waals surface area (Å²) in [7, 11) is 1.87. The van der Waals surface area contributed by atoms with Gasteiger partial charge in [0.1, 0.15) is 12.4 Å². The summed E-state index contributed by atoms with van der Waals surface area (Å²) in [5.41, 5.74) is 1.14. The minimum atomic E-state index is 0.451. The molecule has 1 aromatic carbocycles. The molecule has 0 aliphatic carbocycles. The molecule has 0 heterocycles. The molecule has 0 fully saturated rings. The molecular weight excluding hydrogens is 174 g/mol. The lowest BCUT2D eigenvalue weighted by Crippen LogP contribution is -2.05. The highest BCUT2D eigenvalue weighted by Gasteiger charge is 1.94. The monoisotopic (exact) mass is 189 g/mol. The molecule has 74 valence electrons. The minimum Gasteiger partial charge on any atom is -0.481 e. The average molecular weight is 189 g/mol. The molecule has 0 atom stereocenters. The Morgan fingerprint density at radius 1 is 1.29 bits per heavy atom. The molecule has 0 saturated heterocycles. The standard InChI is InChI=1S/C12H15NO/c1-11-7-3-4-8-12(11)14-10-6-5-9-13-2/h3-4,7-8,13H,9-10H2,1-2H3. The molecule has 0 aromatic heterocycles. The predicted octanol–water partition coefficient (Wildman–Crippen LogP) is 1.60. The Kier molecular flexibility index (Phi) is 4.60. The molecule has 0 amide bonds. The van der Waals surface area contributed by atoms with Gasteiger partial charge in [-0.25, -0.2) is 0 Å². The van der Waals surface area contributed by atoms with Crippen molar-refractivity contribution in [3.05, 3.63) is 29.8 Å². The average Bonchev–Trinajstić information content (AvgIpc) is 2.20. The number of nitrogens with one attached hydrogen (secondary N) is 1. The maximum Gasteiger partial charge on any atom is 0.149 e. The highest BCUT2D eigenvalue weighted by Crippen LogP contribution is 2.15. The van der Waals surface area contributed by atoms with Crippen molar-refractivity contribution in [1.29, 1.82) is 0 Å². The van der Waals surface area contributed by atoms with Gasteiger partial charge in [0.05, 0.1) is 6.54 Å². The summed E-state index contributed by atoms with van der Waals surface area (Å²) in [5.74, 6) is 6.77.